The van der Waals surface area contributed by atoms with Crippen LogP contribution in [0.25, 0.3) is 0 Å². The van der Waals surface area contributed by atoms with E-state index in [-0.39, 0.29) is 0 Å². The van der Waals surface area contributed by atoms with Crippen molar-refractivity contribution in [1.82, 2.24) is 10.2 Å². The minimum Gasteiger partial charge on any atom is -0.490 e. The monoisotopic (exact) mass is 290 g/mol. The molecule has 4 nitrogen and oxygen atoms in total. The summed E-state index contributed by atoms with van der Waals surface area (Å²) in [6.07, 6.45) is 2.27. The molecule has 3 rings (SSSR count). The molecule has 21 heavy (non-hydrogen) atoms. The highest BCUT2D eigenvalue weighted by atomic mass is 16.5. The second-order valence-corrected chi connectivity index (χ2v) is 6.25. The van der Waals surface area contributed by atoms with Gasteiger partial charge in [0.2, 0.25) is 0 Å². The van der Waals surface area contributed by atoms with Crippen LogP contribution in [0.1, 0.15) is 31.4 Å². The van der Waals surface area contributed by atoms with Gasteiger partial charge >= 0.3 is 0 Å². The third-order valence-corrected chi connectivity index (χ3v) is 4.47. The summed E-state index contributed by atoms with van der Waals surface area (Å²) in [5, 5.41) is 3.44. The van der Waals surface area contributed by atoms with Crippen molar-refractivity contribution in [3.05, 3.63) is 23.8 Å². The van der Waals surface area contributed by atoms with Crippen molar-refractivity contribution in [2.75, 3.05) is 39.9 Å². The normalized spacial score (nSPS) is 23.8. The largest absolute Gasteiger partial charge is 0.490 e. The van der Waals surface area contributed by atoms with E-state index >= 15 is 0 Å². The van der Waals surface area contributed by atoms with Crippen LogP contribution in [0.2, 0.25) is 0 Å². The van der Waals surface area contributed by atoms with Gasteiger partial charge in [-0.25, -0.2) is 0 Å². The number of likely N-dealkylation sites (N-methyl/N-ethyl adjacent to an activating group) is 1. The molecule has 2 unspecified atom stereocenters. The molecule has 1 saturated heterocycles. The predicted molar refractivity (Wildman–Crippen MR) is 84.1 cm³/mol. The molecule has 2 aliphatic rings. The molecule has 0 aromatic heterocycles. The molecule has 0 radical (unpaired) electrons. The van der Waals surface area contributed by atoms with E-state index in [2.05, 4.69) is 29.3 Å². The molecule has 4 heteroatoms. The lowest BCUT2D eigenvalue weighted by atomic mass is 10.1. The third kappa shape index (κ3) is 3.50. The summed E-state index contributed by atoms with van der Waals surface area (Å²) in [4.78, 5) is 2.55. The van der Waals surface area contributed by atoms with E-state index in [4.69, 9.17) is 9.47 Å². The fourth-order valence-electron chi connectivity index (χ4n) is 3.21. The number of rotatable bonds is 4. The maximum absolute atomic E-state index is 5.80. The van der Waals surface area contributed by atoms with Gasteiger partial charge in [-0.3, -0.25) is 0 Å². The molecule has 1 fully saturated rings. The van der Waals surface area contributed by atoms with Crippen LogP contribution in [0.3, 0.4) is 0 Å². The standard InChI is InChI=1S/C17H26N2O2/c1-13-6-7-19(11-13)12-15(18-2)14-4-5-16-17(10-14)21-9-3-8-20-16/h4-5,10,13,15,18H,3,6-9,11-12H2,1-2H3. The zero-order valence-electron chi connectivity index (χ0n) is 13.1. The van der Waals surface area contributed by atoms with Crippen molar-refractivity contribution in [3.63, 3.8) is 0 Å². The van der Waals surface area contributed by atoms with E-state index < -0.39 is 0 Å². The molecule has 2 atom stereocenters. The number of likely N-dealkylation sites (tertiary alicyclic amines) is 1. The van der Waals surface area contributed by atoms with Gasteiger partial charge in [-0.2, -0.15) is 0 Å². The van der Waals surface area contributed by atoms with Gasteiger partial charge in [0.05, 0.1) is 13.2 Å². The van der Waals surface area contributed by atoms with E-state index in [0.717, 1.165) is 43.6 Å². The molecule has 2 heterocycles. The second-order valence-electron chi connectivity index (χ2n) is 6.25. The van der Waals surface area contributed by atoms with Crippen LogP contribution < -0.4 is 14.8 Å². The first kappa shape index (κ1) is 14.7. The third-order valence-electron chi connectivity index (χ3n) is 4.47. The van der Waals surface area contributed by atoms with Gasteiger partial charge in [0.25, 0.3) is 0 Å². The van der Waals surface area contributed by atoms with Crippen molar-refractivity contribution in [2.45, 2.75) is 25.8 Å². The zero-order chi connectivity index (χ0) is 14.7. The molecule has 2 aliphatic heterocycles. The molecule has 0 bridgehead atoms. The maximum Gasteiger partial charge on any atom is 0.161 e. The Labute approximate surface area is 127 Å². The van der Waals surface area contributed by atoms with Crippen LogP contribution in [0.5, 0.6) is 11.5 Å². The van der Waals surface area contributed by atoms with Crippen molar-refractivity contribution in [2.24, 2.45) is 5.92 Å². The van der Waals surface area contributed by atoms with E-state index in [1.807, 2.05) is 13.1 Å². The van der Waals surface area contributed by atoms with Gasteiger partial charge in [-0.05, 0) is 43.6 Å². The van der Waals surface area contributed by atoms with Crippen LogP contribution in [0, 0.1) is 5.92 Å². The molecular formula is C17H26N2O2. The number of benzene rings is 1. The first-order valence-corrected chi connectivity index (χ1v) is 8.05. The Kier molecular flexibility index (Phi) is 4.66. The summed E-state index contributed by atoms with van der Waals surface area (Å²) in [5.74, 6) is 2.59. The molecular weight excluding hydrogens is 264 g/mol. The number of fused-ring (bicyclic) bond motifs is 1. The summed E-state index contributed by atoms with van der Waals surface area (Å²) < 4.78 is 11.5. The van der Waals surface area contributed by atoms with Gasteiger partial charge < -0.3 is 19.7 Å². The molecule has 0 spiro atoms. The average molecular weight is 290 g/mol. The van der Waals surface area contributed by atoms with Gasteiger partial charge in [-0.15, -0.1) is 0 Å². The molecule has 116 valence electrons. The quantitative estimate of drug-likeness (QED) is 0.923. The van der Waals surface area contributed by atoms with Gasteiger partial charge in [0.1, 0.15) is 0 Å². The minimum atomic E-state index is 0.340. The zero-order valence-corrected chi connectivity index (χ0v) is 13.1. The van der Waals surface area contributed by atoms with Crippen LogP contribution in [0.4, 0.5) is 0 Å². The number of ether oxygens (including phenoxy) is 2. The number of nitrogens with zero attached hydrogens (tertiary/aromatic N) is 1. The van der Waals surface area contributed by atoms with Crippen LogP contribution in [-0.2, 0) is 0 Å². The number of hydrogen-bond donors (Lipinski definition) is 1. The summed E-state index contributed by atoms with van der Waals surface area (Å²) in [5.41, 5.74) is 1.28. The Morgan fingerprint density at radius 2 is 2.10 bits per heavy atom. The van der Waals surface area contributed by atoms with Crippen molar-refractivity contribution < 1.29 is 9.47 Å². The van der Waals surface area contributed by atoms with Crippen molar-refractivity contribution in [3.8, 4) is 11.5 Å². The highest BCUT2D eigenvalue weighted by molar-refractivity contribution is 5.44. The van der Waals surface area contributed by atoms with E-state index in [9.17, 15) is 0 Å². The van der Waals surface area contributed by atoms with E-state index in [1.54, 1.807) is 0 Å². The molecule has 0 saturated carbocycles. The SMILES string of the molecule is CNC(CN1CCC(C)C1)c1ccc2c(c1)OCCCO2. The smallest absolute Gasteiger partial charge is 0.161 e. The Bertz CT molecular complexity index is 478. The summed E-state index contributed by atoms with van der Waals surface area (Å²) >= 11 is 0. The predicted octanol–water partition coefficient (Wildman–Crippen LogP) is 2.45. The fourth-order valence-corrected chi connectivity index (χ4v) is 3.21. The maximum atomic E-state index is 5.80. The first-order valence-electron chi connectivity index (χ1n) is 8.05. The molecule has 1 aromatic rings. The van der Waals surface area contributed by atoms with Crippen molar-refractivity contribution in [1.29, 1.82) is 0 Å². The molecule has 0 amide bonds. The summed E-state index contributed by atoms with van der Waals surface area (Å²) in [6.45, 7) is 7.30. The Balaban J connectivity index is 1.72. The van der Waals surface area contributed by atoms with Gasteiger partial charge in [0, 0.05) is 25.6 Å². The van der Waals surface area contributed by atoms with Crippen molar-refractivity contribution >= 4 is 0 Å². The van der Waals surface area contributed by atoms with Crippen LogP contribution >= 0.6 is 0 Å². The lowest BCUT2D eigenvalue weighted by Gasteiger charge is -2.24. The average Bonchev–Trinajstić information content (AvgIpc) is 2.76. The summed E-state index contributed by atoms with van der Waals surface area (Å²) in [7, 11) is 2.03. The highest BCUT2D eigenvalue weighted by Crippen LogP contribution is 2.32. The molecule has 1 N–H and O–H groups in total. The fraction of sp³-hybridized carbons (Fsp3) is 0.647. The topological polar surface area (TPSA) is 33.7 Å². The first-order chi connectivity index (χ1) is 10.3. The van der Waals surface area contributed by atoms with Crippen LogP contribution in [-0.4, -0.2) is 44.8 Å². The van der Waals surface area contributed by atoms with Gasteiger partial charge in [-0.1, -0.05) is 13.0 Å². The molecule has 0 aliphatic carbocycles. The van der Waals surface area contributed by atoms with E-state index in [1.165, 1.54) is 25.1 Å². The lowest BCUT2D eigenvalue weighted by Crippen LogP contribution is -2.32. The van der Waals surface area contributed by atoms with Crippen LogP contribution in [0.15, 0.2) is 18.2 Å². The Morgan fingerprint density at radius 1 is 1.29 bits per heavy atom. The Hall–Kier alpha value is -1.26. The summed E-state index contributed by atoms with van der Waals surface area (Å²) in [6, 6.07) is 6.69. The second kappa shape index (κ2) is 6.67. The number of nitrogens with one attached hydrogen (secondary N) is 1. The lowest BCUT2D eigenvalue weighted by molar-refractivity contribution is 0.289. The molecule has 1 aromatic carbocycles. The highest BCUT2D eigenvalue weighted by Gasteiger charge is 2.23. The van der Waals surface area contributed by atoms with Gasteiger partial charge in [0.15, 0.2) is 11.5 Å². The number of hydrogen-bond acceptors (Lipinski definition) is 4. The van der Waals surface area contributed by atoms with E-state index in [0.29, 0.717) is 6.04 Å². The minimum absolute atomic E-state index is 0.340. The Morgan fingerprint density at radius 3 is 2.81 bits per heavy atom.